The fraction of sp³-hybridized carbons (Fsp3) is 0.0294. The Bertz CT molecular complexity index is 2370. The van der Waals surface area contributed by atoms with E-state index in [1.165, 1.54) is 65.6 Å². The van der Waals surface area contributed by atoms with Gasteiger partial charge in [-0.05, 0) is 76.0 Å². The summed E-state index contributed by atoms with van der Waals surface area (Å²) in [6.07, 6.45) is 0. The summed E-state index contributed by atoms with van der Waals surface area (Å²) >= 11 is 0. The quantitative estimate of drug-likeness (QED) is 0.234. The molecule has 0 atom stereocenters. The van der Waals surface area contributed by atoms with E-state index in [0.717, 1.165) is 16.8 Å². The number of rotatable bonds is 1. The van der Waals surface area contributed by atoms with Crippen molar-refractivity contribution >= 4 is 65.7 Å². The molecule has 0 amide bonds. The summed E-state index contributed by atoms with van der Waals surface area (Å²) in [7, 11) is 0. The zero-order valence-corrected chi connectivity index (χ0v) is 20.2. The van der Waals surface area contributed by atoms with E-state index in [1.54, 1.807) is 0 Å². The van der Waals surface area contributed by atoms with Gasteiger partial charge in [0.25, 0.3) is 0 Å². The number of hydrogen-bond donors (Lipinski definition) is 0. The highest BCUT2D eigenvalue weighted by atomic mass is 15.2. The minimum absolute atomic E-state index is 0.969. The van der Waals surface area contributed by atoms with Gasteiger partial charge in [-0.25, -0.2) is 4.98 Å². The van der Waals surface area contributed by atoms with E-state index < -0.39 is 0 Å². The van der Waals surface area contributed by atoms with Crippen LogP contribution in [0.5, 0.6) is 0 Å². The average molecular weight is 472 g/mol. The van der Waals surface area contributed by atoms with Crippen LogP contribution < -0.4 is 0 Å². The van der Waals surface area contributed by atoms with Gasteiger partial charge in [-0.3, -0.25) is 8.80 Å². The minimum Gasteiger partial charge on any atom is -0.277 e. The molecule has 0 spiro atoms. The second-order valence-corrected chi connectivity index (χ2v) is 10.2. The molecule has 3 nitrogen and oxygen atoms in total. The van der Waals surface area contributed by atoms with Crippen LogP contribution in [0.15, 0.2) is 109 Å². The van der Waals surface area contributed by atoms with Gasteiger partial charge < -0.3 is 0 Å². The first-order valence-electron chi connectivity index (χ1n) is 12.7. The van der Waals surface area contributed by atoms with Crippen LogP contribution in [-0.2, 0) is 0 Å². The molecule has 9 aromatic rings. The van der Waals surface area contributed by atoms with Crippen LogP contribution in [0, 0.1) is 6.92 Å². The van der Waals surface area contributed by atoms with Crippen molar-refractivity contribution in [3.05, 3.63) is 115 Å². The monoisotopic (exact) mass is 471 g/mol. The van der Waals surface area contributed by atoms with Crippen molar-refractivity contribution in [2.75, 3.05) is 0 Å². The van der Waals surface area contributed by atoms with Crippen molar-refractivity contribution < 1.29 is 0 Å². The van der Waals surface area contributed by atoms with E-state index in [1.807, 2.05) is 0 Å². The van der Waals surface area contributed by atoms with Crippen LogP contribution in [0.25, 0.3) is 76.8 Å². The topological polar surface area (TPSA) is 21.7 Å². The zero-order chi connectivity index (χ0) is 24.2. The van der Waals surface area contributed by atoms with Crippen LogP contribution >= 0.6 is 0 Å². The second kappa shape index (κ2) is 6.65. The van der Waals surface area contributed by atoms with Crippen molar-refractivity contribution in [1.82, 2.24) is 13.8 Å². The lowest BCUT2D eigenvalue weighted by Crippen LogP contribution is -1.86. The number of fused-ring (bicyclic) bond motifs is 10. The molecule has 0 aliphatic rings. The molecule has 0 fully saturated rings. The van der Waals surface area contributed by atoms with Crippen LogP contribution in [0.2, 0.25) is 0 Å². The maximum Gasteiger partial charge on any atom is 0.220 e. The van der Waals surface area contributed by atoms with E-state index in [2.05, 4.69) is 125 Å². The normalized spacial score (nSPS) is 12.5. The molecule has 3 aromatic heterocycles. The van der Waals surface area contributed by atoms with E-state index >= 15 is 0 Å². The summed E-state index contributed by atoms with van der Waals surface area (Å²) < 4.78 is 4.73. The van der Waals surface area contributed by atoms with Gasteiger partial charge in [-0.1, -0.05) is 78.4 Å². The Morgan fingerprint density at radius 3 is 1.97 bits per heavy atom. The smallest absolute Gasteiger partial charge is 0.220 e. The number of imidazole rings is 2. The molecule has 9 rings (SSSR count). The van der Waals surface area contributed by atoms with Crippen molar-refractivity contribution in [2.24, 2.45) is 0 Å². The van der Waals surface area contributed by atoms with Gasteiger partial charge in [0.1, 0.15) is 0 Å². The maximum atomic E-state index is 5.23. The molecule has 0 bridgehead atoms. The molecule has 0 aliphatic carbocycles. The Labute approximate surface area is 212 Å². The third kappa shape index (κ3) is 2.48. The zero-order valence-electron chi connectivity index (χ0n) is 20.2. The molecule has 0 N–H and O–H groups in total. The first-order chi connectivity index (χ1) is 18.2. The molecule has 172 valence electrons. The summed E-state index contributed by atoms with van der Waals surface area (Å²) in [5, 5.41) is 7.50. The SMILES string of the molecule is Cc1cccc(-c2cc3c4cc5ccccc5cc4n4c3c(c2)n2c3cc5ccccc5cc3nc24)c1. The number of nitrogens with zero attached hydrogens (tertiary/aromatic N) is 3. The van der Waals surface area contributed by atoms with Gasteiger partial charge in [-0.2, -0.15) is 0 Å². The molecule has 0 radical (unpaired) electrons. The molecule has 37 heavy (non-hydrogen) atoms. The lowest BCUT2D eigenvalue weighted by Gasteiger charge is -2.06. The molecule has 0 saturated carbocycles. The Morgan fingerprint density at radius 2 is 1.22 bits per heavy atom. The molecule has 0 saturated heterocycles. The van der Waals surface area contributed by atoms with Crippen LogP contribution in [-0.4, -0.2) is 13.8 Å². The predicted octanol–water partition coefficient (Wildman–Crippen LogP) is 8.77. The summed E-state index contributed by atoms with van der Waals surface area (Å²) in [6.45, 7) is 2.16. The van der Waals surface area contributed by atoms with E-state index in [9.17, 15) is 0 Å². The van der Waals surface area contributed by atoms with Crippen molar-refractivity contribution in [3.8, 4) is 11.1 Å². The Morgan fingerprint density at radius 1 is 0.514 bits per heavy atom. The number of hydrogen-bond acceptors (Lipinski definition) is 1. The van der Waals surface area contributed by atoms with E-state index in [0.29, 0.717) is 0 Å². The van der Waals surface area contributed by atoms with Gasteiger partial charge in [0, 0.05) is 10.8 Å². The highest BCUT2D eigenvalue weighted by Gasteiger charge is 2.22. The third-order valence-electron chi connectivity index (χ3n) is 8.01. The lowest BCUT2D eigenvalue weighted by atomic mass is 9.99. The highest BCUT2D eigenvalue weighted by Crippen LogP contribution is 2.41. The first kappa shape index (κ1) is 19.3. The highest BCUT2D eigenvalue weighted by molar-refractivity contribution is 6.20. The number of aryl methyl sites for hydroxylation is 1. The summed E-state index contributed by atoms with van der Waals surface area (Å²) in [6, 6.07) is 39.9. The maximum absolute atomic E-state index is 5.23. The molecular formula is C34H21N3. The largest absolute Gasteiger partial charge is 0.277 e. The average Bonchev–Trinajstić information content (AvgIpc) is 3.55. The Balaban J connectivity index is 1.54. The van der Waals surface area contributed by atoms with Gasteiger partial charge in [0.15, 0.2) is 0 Å². The first-order valence-corrected chi connectivity index (χ1v) is 12.7. The van der Waals surface area contributed by atoms with Crippen LogP contribution in [0.3, 0.4) is 0 Å². The fourth-order valence-electron chi connectivity index (χ4n) is 6.32. The fourth-order valence-corrected chi connectivity index (χ4v) is 6.32. The summed E-state index contributed by atoms with van der Waals surface area (Å²) in [4.78, 5) is 5.23. The predicted molar refractivity (Wildman–Crippen MR) is 155 cm³/mol. The third-order valence-corrected chi connectivity index (χ3v) is 8.01. The van der Waals surface area contributed by atoms with Crippen LogP contribution in [0.1, 0.15) is 5.56 Å². The standard InChI is InChI=1S/C34H21N3/c1-20-7-6-12-21(13-20)26-15-28-27-14-22-8-2-4-10-24(22)17-30(27)37-33(28)32(19-26)36-31-18-25-11-5-3-9-23(25)16-29(31)35-34(36)37/h2-19H,1H3. The van der Waals surface area contributed by atoms with Gasteiger partial charge in [-0.15, -0.1) is 0 Å². The molecule has 3 heterocycles. The molecule has 6 aromatic carbocycles. The minimum atomic E-state index is 0.969. The van der Waals surface area contributed by atoms with Crippen molar-refractivity contribution in [3.63, 3.8) is 0 Å². The van der Waals surface area contributed by atoms with Gasteiger partial charge >= 0.3 is 0 Å². The summed E-state index contributed by atoms with van der Waals surface area (Å²) in [5.41, 5.74) is 9.54. The van der Waals surface area contributed by atoms with Gasteiger partial charge in [0.05, 0.1) is 27.6 Å². The van der Waals surface area contributed by atoms with E-state index in [4.69, 9.17) is 4.98 Å². The molecule has 0 aliphatic heterocycles. The summed E-state index contributed by atoms with van der Waals surface area (Å²) in [5.74, 6) is 0.969. The second-order valence-electron chi connectivity index (χ2n) is 10.2. The van der Waals surface area contributed by atoms with Crippen molar-refractivity contribution in [2.45, 2.75) is 6.92 Å². The molecular weight excluding hydrogens is 450 g/mol. The Kier molecular flexibility index (Phi) is 3.47. The number of aromatic nitrogens is 3. The molecule has 3 heteroatoms. The Hall–Kier alpha value is -4.89. The lowest BCUT2D eigenvalue weighted by molar-refractivity contribution is 1.22. The molecule has 0 unspecified atom stereocenters. The number of benzene rings is 6. The van der Waals surface area contributed by atoms with Crippen molar-refractivity contribution in [1.29, 1.82) is 0 Å². The van der Waals surface area contributed by atoms with Crippen LogP contribution in [0.4, 0.5) is 0 Å². The van der Waals surface area contributed by atoms with Gasteiger partial charge in [0.2, 0.25) is 5.78 Å². The van der Waals surface area contributed by atoms with E-state index in [-0.39, 0.29) is 0 Å².